The predicted molar refractivity (Wildman–Crippen MR) is 286 cm³/mol. The fourth-order valence-electron chi connectivity index (χ4n) is 9.03. The van der Waals surface area contributed by atoms with Crippen molar-refractivity contribution in [3.8, 4) is 23.0 Å². The van der Waals surface area contributed by atoms with E-state index in [0.717, 1.165) is 107 Å². The average Bonchev–Trinajstić information content (AvgIpc) is 3.98. The van der Waals surface area contributed by atoms with Gasteiger partial charge in [0.25, 0.3) is 0 Å². The first-order chi connectivity index (χ1) is 33.6. The second kappa shape index (κ2) is 24.9. The van der Waals surface area contributed by atoms with Gasteiger partial charge in [-0.1, -0.05) is 38.1 Å². The number of alkyl halides is 6. The minimum Gasteiger partial charge on any atom is -0.489 e. The summed E-state index contributed by atoms with van der Waals surface area (Å²) in [6.45, 7) is 6.92. The van der Waals surface area contributed by atoms with Crippen LogP contribution in [0.25, 0.3) is 0 Å². The lowest BCUT2D eigenvalue weighted by Crippen LogP contribution is -2.54. The highest BCUT2D eigenvalue weighted by Crippen LogP contribution is 2.56. The molecule has 2 aliphatic carbocycles. The van der Waals surface area contributed by atoms with Crippen LogP contribution in [-0.4, -0.2) is 74.5 Å². The van der Waals surface area contributed by atoms with Crippen molar-refractivity contribution in [1.82, 2.24) is 0 Å². The molecule has 20 heteroatoms. The van der Waals surface area contributed by atoms with Crippen LogP contribution in [-0.2, 0) is 24.4 Å². The molecule has 0 aliphatic heterocycles. The molecule has 0 radical (unpaired) electrons. The largest absolute Gasteiger partial charge is 0.489 e. The maximum Gasteiger partial charge on any atom is 0.411 e. The Hall–Kier alpha value is -2.56. The van der Waals surface area contributed by atoms with E-state index in [1.807, 2.05) is 26.0 Å². The van der Waals surface area contributed by atoms with Gasteiger partial charge in [0.1, 0.15) is 58.5 Å². The lowest BCUT2D eigenvalue weighted by atomic mass is 9.73. The van der Waals surface area contributed by atoms with Crippen molar-refractivity contribution in [2.24, 2.45) is 0 Å². The van der Waals surface area contributed by atoms with Crippen molar-refractivity contribution in [2.45, 2.75) is 133 Å². The summed E-state index contributed by atoms with van der Waals surface area (Å²) < 4.78 is 140. The highest BCUT2D eigenvalue weighted by atomic mass is 127. The van der Waals surface area contributed by atoms with Gasteiger partial charge in [-0.25, -0.2) is 9.59 Å². The Morgan fingerprint density at radius 3 is 1.20 bits per heavy atom. The molecular formula is C51H54F6I4O10. The van der Waals surface area contributed by atoms with Crippen LogP contribution in [0.1, 0.15) is 124 Å². The average molecular weight is 1450 g/mol. The number of esters is 2. The van der Waals surface area contributed by atoms with Crippen LogP contribution in [0.5, 0.6) is 23.0 Å². The van der Waals surface area contributed by atoms with Gasteiger partial charge in [-0.15, -0.1) is 0 Å². The molecule has 0 heterocycles. The molecule has 71 heavy (non-hydrogen) atoms. The molecule has 2 saturated carbocycles. The fraction of sp³-hybridized carbons (Fsp3) is 0.490. The van der Waals surface area contributed by atoms with E-state index in [9.17, 15) is 9.59 Å². The summed E-state index contributed by atoms with van der Waals surface area (Å²) in [6, 6.07) is 14.1. The van der Waals surface area contributed by atoms with E-state index in [1.165, 1.54) is 13.8 Å². The first kappa shape index (κ1) is 57.7. The van der Waals surface area contributed by atoms with Crippen LogP contribution in [0.4, 0.5) is 26.3 Å². The number of halogens is 10. The van der Waals surface area contributed by atoms with Gasteiger partial charge in [0.15, 0.2) is 12.6 Å². The Morgan fingerprint density at radius 1 is 0.549 bits per heavy atom. The molecule has 2 unspecified atom stereocenters. The van der Waals surface area contributed by atoms with Crippen LogP contribution in [0.3, 0.4) is 0 Å². The van der Waals surface area contributed by atoms with Gasteiger partial charge < -0.3 is 37.9 Å². The first-order valence-corrected chi connectivity index (χ1v) is 27.5. The Labute approximate surface area is 464 Å². The quantitative estimate of drug-likeness (QED) is 0.0248. The zero-order valence-corrected chi connectivity index (χ0v) is 48.0. The Morgan fingerprint density at radius 2 is 0.887 bits per heavy atom. The predicted octanol–water partition coefficient (Wildman–Crippen LogP) is 14.9. The Bertz CT molecular complexity index is 2270. The van der Waals surface area contributed by atoms with E-state index in [4.69, 9.17) is 37.9 Å². The molecule has 0 N–H and O–H groups in total. The summed E-state index contributed by atoms with van der Waals surface area (Å²) in [5.74, 6) is -0.368. The molecular weight excluding hydrogens is 1390 g/mol. The minimum absolute atomic E-state index is 0.0122. The van der Waals surface area contributed by atoms with Crippen LogP contribution in [0.2, 0.25) is 0 Å². The molecule has 6 rings (SSSR count). The lowest BCUT2D eigenvalue weighted by Gasteiger charge is -2.38. The first-order valence-electron chi connectivity index (χ1n) is 23.2. The van der Waals surface area contributed by atoms with Gasteiger partial charge in [0.05, 0.1) is 20.4 Å². The monoisotopic (exact) mass is 1450 g/mol. The molecule has 0 amide bonds. The molecule has 4 aromatic rings. The third-order valence-corrected chi connectivity index (χ3v) is 15.6. The van der Waals surface area contributed by atoms with E-state index in [-0.39, 0.29) is 49.1 Å². The van der Waals surface area contributed by atoms with E-state index >= 15 is 26.3 Å². The van der Waals surface area contributed by atoms with Crippen LogP contribution in [0, 0.1) is 14.3 Å². The zero-order valence-electron chi connectivity index (χ0n) is 39.3. The van der Waals surface area contributed by atoms with Crippen molar-refractivity contribution in [2.75, 3.05) is 26.4 Å². The minimum atomic E-state index is -5.83. The SMILES string of the molecule is CCC1(OC(=O)c2cc(I)cc(I)c2OCCOC(C)Oc2ccc(C(c3ccc(OC(C)OCCOc4c(I)cc(I)cc4C(=O)OC4(CC)CCCC4)cc3)(C(F)(F)F)C(F)(F)F)cc2)CCCC1. The van der Waals surface area contributed by atoms with Crippen molar-refractivity contribution < 1.29 is 73.8 Å². The summed E-state index contributed by atoms with van der Waals surface area (Å²) >= 11 is 8.38. The lowest BCUT2D eigenvalue weighted by molar-refractivity contribution is -0.288. The summed E-state index contributed by atoms with van der Waals surface area (Å²) in [5, 5.41) is 0. The van der Waals surface area contributed by atoms with Gasteiger partial charge in [-0.3, -0.25) is 0 Å². The van der Waals surface area contributed by atoms with E-state index in [1.54, 1.807) is 12.1 Å². The third kappa shape index (κ3) is 14.0. The van der Waals surface area contributed by atoms with Gasteiger partial charge in [0, 0.05) is 7.14 Å². The summed E-state index contributed by atoms with van der Waals surface area (Å²) in [5.41, 5.74) is -7.03. The van der Waals surface area contributed by atoms with E-state index in [2.05, 4.69) is 90.4 Å². The van der Waals surface area contributed by atoms with Gasteiger partial charge in [0.2, 0.25) is 5.41 Å². The van der Waals surface area contributed by atoms with Gasteiger partial charge in [-0.05, 0) is 228 Å². The molecule has 0 bridgehead atoms. The molecule has 2 aliphatic rings. The van der Waals surface area contributed by atoms with Gasteiger partial charge in [-0.2, -0.15) is 26.3 Å². The summed E-state index contributed by atoms with van der Waals surface area (Å²) in [6.07, 6.45) is -5.11. The second-order valence-corrected chi connectivity index (χ2v) is 22.2. The topological polar surface area (TPSA) is 108 Å². The highest BCUT2D eigenvalue weighted by molar-refractivity contribution is 14.1. The summed E-state index contributed by atoms with van der Waals surface area (Å²) in [4.78, 5) is 26.8. The Balaban J connectivity index is 1.05. The smallest absolute Gasteiger partial charge is 0.411 e. The van der Waals surface area contributed by atoms with Crippen molar-refractivity contribution >= 4 is 102 Å². The third-order valence-electron chi connectivity index (χ3n) is 12.8. The number of hydrogen-bond donors (Lipinski definition) is 0. The van der Waals surface area contributed by atoms with Crippen molar-refractivity contribution in [3.63, 3.8) is 0 Å². The maximum absolute atomic E-state index is 15.0. The van der Waals surface area contributed by atoms with Crippen LogP contribution in [0.15, 0.2) is 72.8 Å². The number of carbonyl (C=O) groups is 2. The molecule has 10 nitrogen and oxygen atoms in total. The number of hydrogen-bond acceptors (Lipinski definition) is 10. The van der Waals surface area contributed by atoms with E-state index in [0.29, 0.717) is 31.5 Å². The summed E-state index contributed by atoms with van der Waals surface area (Å²) in [7, 11) is 0. The molecule has 0 spiro atoms. The van der Waals surface area contributed by atoms with Crippen LogP contribution < -0.4 is 18.9 Å². The molecule has 2 atom stereocenters. The second-order valence-electron chi connectivity index (χ2n) is 17.4. The van der Waals surface area contributed by atoms with Crippen molar-refractivity contribution in [1.29, 1.82) is 0 Å². The highest BCUT2D eigenvalue weighted by Gasteiger charge is 2.72. The van der Waals surface area contributed by atoms with Crippen molar-refractivity contribution in [3.05, 3.63) is 109 Å². The molecule has 388 valence electrons. The van der Waals surface area contributed by atoms with Crippen LogP contribution >= 0.6 is 90.4 Å². The number of ether oxygens (including phenoxy) is 8. The number of carbonyl (C=O) groups excluding carboxylic acids is 2. The standard InChI is InChI=1S/C51H54F6I4O10/c1-5-47(19-7-8-20-47)70-45(62)39-27-35(58)29-41(60)43(39)66-25-23-64-31(3)68-37-15-11-33(12-16-37)49(50(52,53)54,51(55,56)57)34-13-17-38(18-14-34)69-32(4)65-24-26-67-44-40(28-36(59)30-42(44)61)46(63)71-48(6-2)21-9-10-22-48/h11-18,27-32H,5-10,19-26H2,1-4H3. The number of benzene rings is 4. The van der Waals surface area contributed by atoms with Gasteiger partial charge >= 0.3 is 24.3 Å². The molecule has 2 fully saturated rings. The Kier molecular flexibility index (Phi) is 20.2. The number of rotatable bonds is 22. The molecule has 0 saturated heterocycles. The normalized spacial score (nSPS) is 16.5. The zero-order chi connectivity index (χ0) is 51.8. The maximum atomic E-state index is 15.0. The fourth-order valence-corrected chi connectivity index (χ4v) is 13.0. The van der Waals surface area contributed by atoms with E-state index < -0.39 is 64.6 Å². The molecule has 0 aromatic heterocycles. The molecule has 4 aromatic carbocycles.